The fourth-order valence-corrected chi connectivity index (χ4v) is 3.06. The van der Waals surface area contributed by atoms with Crippen LogP contribution in [0.5, 0.6) is 0 Å². The molecule has 21 heavy (non-hydrogen) atoms. The van der Waals surface area contributed by atoms with Gasteiger partial charge in [-0.05, 0) is 45.6 Å². The van der Waals surface area contributed by atoms with Crippen molar-refractivity contribution in [3.05, 3.63) is 88.4 Å². The molecule has 0 bridgehead atoms. The molecule has 0 aliphatic heterocycles. The number of hydrogen-bond acceptors (Lipinski definition) is 3. The first kappa shape index (κ1) is 14.0. The van der Waals surface area contributed by atoms with Gasteiger partial charge in [-0.2, -0.15) is 11.3 Å². The summed E-state index contributed by atoms with van der Waals surface area (Å²) in [5, 5.41) is 4.37. The SMILES string of the molecule is c1ccc(CN(Cc2ccncc2)Cc2ccsc2)cc1. The van der Waals surface area contributed by atoms with Crippen LogP contribution in [0.3, 0.4) is 0 Å². The molecule has 106 valence electrons. The molecule has 0 aliphatic carbocycles. The molecule has 0 atom stereocenters. The molecule has 0 amide bonds. The highest BCUT2D eigenvalue weighted by Gasteiger charge is 2.08. The fraction of sp³-hybridized carbons (Fsp3) is 0.167. The lowest BCUT2D eigenvalue weighted by Gasteiger charge is -2.22. The molecule has 0 spiro atoms. The minimum atomic E-state index is 0.938. The van der Waals surface area contributed by atoms with Crippen LogP contribution in [-0.4, -0.2) is 9.88 Å². The third-order valence-corrected chi connectivity index (χ3v) is 4.12. The summed E-state index contributed by atoms with van der Waals surface area (Å²) in [4.78, 5) is 6.56. The first-order chi connectivity index (χ1) is 10.4. The Hall–Kier alpha value is -1.97. The van der Waals surface area contributed by atoms with Crippen LogP contribution in [0.1, 0.15) is 16.7 Å². The molecule has 3 aromatic rings. The van der Waals surface area contributed by atoms with E-state index in [0.29, 0.717) is 0 Å². The van der Waals surface area contributed by atoms with Gasteiger partial charge in [0.1, 0.15) is 0 Å². The van der Waals surface area contributed by atoms with E-state index in [1.807, 2.05) is 12.4 Å². The standard InChI is InChI=1S/C18H18N2S/c1-2-4-16(5-3-1)12-20(14-18-8-11-21-15-18)13-17-6-9-19-10-7-17/h1-11,15H,12-14H2. The van der Waals surface area contributed by atoms with Crippen LogP contribution < -0.4 is 0 Å². The molecule has 3 rings (SSSR count). The first-order valence-corrected chi connectivity index (χ1v) is 8.01. The highest BCUT2D eigenvalue weighted by atomic mass is 32.1. The lowest BCUT2D eigenvalue weighted by atomic mass is 10.1. The van der Waals surface area contributed by atoms with Crippen molar-refractivity contribution in [2.45, 2.75) is 19.6 Å². The Morgan fingerprint density at radius 1 is 0.762 bits per heavy atom. The van der Waals surface area contributed by atoms with Crippen molar-refractivity contribution in [3.8, 4) is 0 Å². The van der Waals surface area contributed by atoms with E-state index in [2.05, 4.69) is 69.2 Å². The highest BCUT2D eigenvalue weighted by molar-refractivity contribution is 7.07. The summed E-state index contributed by atoms with van der Waals surface area (Å²) in [5.41, 5.74) is 4.03. The maximum Gasteiger partial charge on any atom is 0.0271 e. The van der Waals surface area contributed by atoms with E-state index < -0.39 is 0 Å². The van der Waals surface area contributed by atoms with Crippen molar-refractivity contribution in [1.29, 1.82) is 0 Å². The summed E-state index contributed by atoms with van der Waals surface area (Å²) in [7, 11) is 0. The van der Waals surface area contributed by atoms with Crippen LogP contribution >= 0.6 is 11.3 Å². The molecule has 2 aromatic heterocycles. The van der Waals surface area contributed by atoms with Crippen LogP contribution in [0.4, 0.5) is 0 Å². The van der Waals surface area contributed by atoms with Crippen molar-refractivity contribution in [1.82, 2.24) is 9.88 Å². The quantitative estimate of drug-likeness (QED) is 0.672. The maximum atomic E-state index is 4.10. The van der Waals surface area contributed by atoms with Crippen molar-refractivity contribution >= 4 is 11.3 Å². The minimum absolute atomic E-state index is 0.938. The van der Waals surface area contributed by atoms with E-state index in [1.165, 1.54) is 16.7 Å². The van der Waals surface area contributed by atoms with E-state index in [4.69, 9.17) is 0 Å². The van der Waals surface area contributed by atoms with Gasteiger partial charge in [0, 0.05) is 32.0 Å². The van der Waals surface area contributed by atoms with Crippen LogP contribution in [0.25, 0.3) is 0 Å². The molecule has 2 nitrogen and oxygen atoms in total. The summed E-state index contributed by atoms with van der Waals surface area (Å²) in [6.07, 6.45) is 3.72. The van der Waals surface area contributed by atoms with E-state index in [1.54, 1.807) is 11.3 Å². The third kappa shape index (κ3) is 4.25. The molecular weight excluding hydrogens is 276 g/mol. The summed E-state index contributed by atoms with van der Waals surface area (Å²) in [6, 6.07) is 17.0. The molecule has 0 N–H and O–H groups in total. The van der Waals surface area contributed by atoms with Gasteiger partial charge in [0.2, 0.25) is 0 Å². The first-order valence-electron chi connectivity index (χ1n) is 7.06. The smallest absolute Gasteiger partial charge is 0.0271 e. The van der Waals surface area contributed by atoms with Crippen LogP contribution in [0.15, 0.2) is 71.7 Å². The second-order valence-corrected chi connectivity index (χ2v) is 5.90. The Labute approximate surface area is 129 Å². The van der Waals surface area contributed by atoms with E-state index in [0.717, 1.165) is 19.6 Å². The van der Waals surface area contributed by atoms with Gasteiger partial charge in [0.15, 0.2) is 0 Å². The fourth-order valence-electron chi connectivity index (χ4n) is 2.40. The maximum absolute atomic E-state index is 4.10. The number of hydrogen-bond donors (Lipinski definition) is 0. The van der Waals surface area contributed by atoms with Crippen LogP contribution in [0.2, 0.25) is 0 Å². The number of thiophene rings is 1. The Kier molecular flexibility index (Phi) is 4.77. The Morgan fingerprint density at radius 3 is 2.10 bits per heavy atom. The van der Waals surface area contributed by atoms with Crippen LogP contribution in [-0.2, 0) is 19.6 Å². The molecule has 0 unspecified atom stereocenters. The molecule has 0 saturated carbocycles. The summed E-state index contributed by atoms with van der Waals surface area (Å²) in [5.74, 6) is 0. The largest absolute Gasteiger partial charge is 0.291 e. The van der Waals surface area contributed by atoms with E-state index >= 15 is 0 Å². The van der Waals surface area contributed by atoms with Gasteiger partial charge in [-0.15, -0.1) is 0 Å². The van der Waals surface area contributed by atoms with Crippen LogP contribution in [0, 0.1) is 0 Å². The Morgan fingerprint density at radius 2 is 1.43 bits per heavy atom. The predicted molar refractivity (Wildman–Crippen MR) is 87.9 cm³/mol. The van der Waals surface area contributed by atoms with Gasteiger partial charge in [-0.1, -0.05) is 30.3 Å². The van der Waals surface area contributed by atoms with Gasteiger partial charge in [-0.25, -0.2) is 0 Å². The molecule has 0 radical (unpaired) electrons. The van der Waals surface area contributed by atoms with Gasteiger partial charge >= 0.3 is 0 Å². The minimum Gasteiger partial charge on any atom is -0.291 e. The highest BCUT2D eigenvalue weighted by Crippen LogP contribution is 2.15. The molecule has 0 aliphatic rings. The van der Waals surface area contributed by atoms with Gasteiger partial charge in [-0.3, -0.25) is 9.88 Å². The third-order valence-electron chi connectivity index (χ3n) is 3.39. The average molecular weight is 294 g/mol. The molecule has 2 heterocycles. The average Bonchev–Trinajstić information content (AvgIpc) is 3.02. The number of rotatable bonds is 6. The molecule has 0 saturated heterocycles. The van der Waals surface area contributed by atoms with Gasteiger partial charge < -0.3 is 0 Å². The van der Waals surface area contributed by atoms with Gasteiger partial charge in [0.05, 0.1) is 0 Å². The second-order valence-electron chi connectivity index (χ2n) is 5.12. The molecular formula is C18H18N2S. The molecule has 1 aromatic carbocycles. The molecule has 3 heteroatoms. The number of benzene rings is 1. The lowest BCUT2D eigenvalue weighted by Crippen LogP contribution is -2.22. The predicted octanol–water partition coefficient (Wildman–Crippen LogP) is 4.35. The number of aromatic nitrogens is 1. The van der Waals surface area contributed by atoms with Gasteiger partial charge in [0.25, 0.3) is 0 Å². The van der Waals surface area contributed by atoms with E-state index in [9.17, 15) is 0 Å². The summed E-state index contributed by atoms with van der Waals surface area (Å²) < 4.78 is 0. The number of pyridine rings is 1. The normalized spacial score (nSPS) is 10.9. The van der Waals surface area contributed by atoms with Crippen molar-refractivity contribution in [2.24, 2.45) is 0 Å². The van der Waals surface area contributed by atoms with Crippen molar-refractivity contribution in [2.75, 3.05) is 0 Å². The summed E-state index contributed by atoms with van der Waals surface area (Å²) >= 11 is 1.76. The number of nitrogens with zero attached hydrogens (tertiary/aromatic N) is 2. The lowest BCUT2D eigenvalue weighted by molar-refractivity contribution is 0.248. The zero-order chi connectivity index (χ0) is 14.3. The Balaban J connectivity index is 1.74. The summed E-state index contributed by atoms with van der Waals surface area (Å²) in [6.45, 7) is 2.87. The second kappa shape index (κ2) is 7.16. The van der Waals surface area contributed by atoms with Crippen molar-refractivity contribution in [3.63, 3.8) is 0 Å². The Bertz CT molecular complexity index is 594. The zero-order valence-electron chi connectivity index (χ0n) is 11.9. The van der Waals surface area contributed by atoms with E-state index in [-0.39, 0.29) is 0 Å². The molecule has 0 fully saturated rings. The zero-order valence-corrected chi connectivity index (χ0v) is 12.7. The van der Waals surface area contributed by atoms with Crippen molar-refractivity contribution < 1.29 is 0 Å². The topological polar surface area (TPSA) is 16.1 Å². The monoisotopic (exact) mass is 294 g/mol.